The lowest BCUT2D eigenvalue weighted by molar-refractivity contribution is -0.100. The number of halogens is 1. The summed E-state index contributed by atoms with van der Waals surface area (Å²) in [6, 6.07) is 11.9. The van der Waals surface area contributed by atoms with E-state index in [-0.39, 0.29) is 23.5 Å². The summed E-state index contributed by atoms with van der Waals surface area (Å²) < 4.78 is 42.5. The van der Waals surface area contributed by atoms with Crippen LogP contribution in [0.25, 0.3) is 0 Å². The number of carbonyl (C=O) groups excluding carboxylic acids is 1. The second-order valence-electron chi connectivity index (χ2n) is 16.2. The minimum absolute atomic E-state index is 0.0316. The van der Waals surface area contributed by atoms with Gasteiger partial charge >= 0.3 is 0 Å². The second kappa shape index (κ2) is 16.0. The Labute approximate surface area is 316 Å². The van der Waals surface area contributed by atoms with Gasteiger partial charge in [0.2, 0.25) is 10.0 Å². The number of piperidine rings is 1. The number of nitrogens with zero attached hydrogens (tertiary/aromatic N) is 3. The quantitative estimate of drug-likeness (QED) is 0.354. The van der Waals surface area contributed by atoms with Crippen molar-refractivity contribution < 1.29 is 22.7 Å². The molecule has 4 aliphatic heterocycles. The third kappa shape index (κ3) is 8.36. The lowest BCUT2D eigenvalue weighted by Gasteiger charge is -2.53. The first-order valence-corrected chi connectivity index (χ1v) is 21.6. The Bertz CT molecular complexity index is 1740. The average molecular weight is 753 g/mol. The van der Waals surface area contributed by atoms with Gasteiger partial charge in [-0.05, 0) is 117 Å². The number of methoxy groups -OCH3 is 1. The third-order valence-corrected chi connectivity index (χ3v) is 14.5. The van der Waals surface area contributed by atoms with Crippen molar-refractivity contribution in [2.75, 3.05) is 63.6 Å². The van der Waals surface area contributed by atoms with Gasteiger partial charge in [-0.2, -0.15) is 0 Å². The van der Waals surface area contributed by atoms with Crippen molar-refractivity contribution in [3.05, 3.63) is 70.3 Å². The van der Waals surface area contributed by atoms with Crippen LogP contribution in [0.2, 0.25) is 5.02 Å². The SMILES string of the molecule is CO[C@@]1(CN2CCN3CCCC[C@@H]3C2)/C=C/[C@H](C)[C@H](C)CS(=O)(=O)NC(=O)c2ccc3c(c2)N(CCCCc2cc(Cl)ccc2CO3)C[C@@H]2CC[C@H]21. The van der Waals surface area contributed by atoms with Crippen LogP contribution in [0.3, 0.4) is 0 Å². The Morgan fingerprint density at radius 2 is 1.81 bits per heavy atom. The van der Waals surface area contributed by atoms with E-state index in [0.29, 0.717) is 29.9 Å². The van der Waals surface area contributed by atoms with E-state index in [2.05, 4.69) is 38.5 Å². The molecule has 2 bridgehead atoms. The normalized spacial score (nSPS) is 32.4. The number of fused-ring (bicyclic) bond motifs is 4. The maximum Gasteiger partial charge on any atom is 0.264 e. The number of piperazine rings is 1. The number of hydrogen-bond acceptors (Lipinski definition) is 8. The summed E-state index contributed by atoms with van der Waals surface area (Å²) in [5.74, 6) is 0.342. The molecule has 11 heteroatoms. The van der Waals surface area contributed by atoms with Gasteiger partial charge in [0.05, 0.1) is 11.4 Å². The van der Waals surface area contributed by atoms with Gasteiger partial charge in [-0.15, -0.1) is 0 Å². The molecule has 2 saturated heterocycles. The minimum atomic E-state index is -3.90. The fourth-order valence-corrected chi connectivity index (χ4v) is 11.0. The molecule has 2 aromatic rings. The van der Waals surface area contributed by atoms with E-state index in [4.69, 9.17) is 21.1 Å². The van der Waals surface area contributed by atoms with Crippen LogP contribution in [0.1, 0.15) is 80.3 Å². The van der Waals surface area contributed by atoms with E-state index in [0.717, 1.165) is 87.6 Å². The summed E-state index contributed by atoms with van der Waals surface area (Å²) in [6.45, 7) is 11.2. The zero-order chi connectivity index (χ0) is 36.5. The number of benzene rings is 2. The van der Waals surface area contributed by atoms with Gasteiger partial charge in [0.25, 0.3) is 5.91 Å². The zero-order valence-corrected chi connectivity index (χ0v) is 32.8. The van der Waals surface area contributed by atoms with Gasteiger partial charge in [-0.3, -0.25) is 14.6 Å². The van der Waals surface area contributed by atoms with Gasteiger partial charge in [-0.25, -0.2) is 13.1 Å². The Balaban J connectivity index is 1.25. The number of anilines is 1. The van der Waals surface area contributed by atoms with Crippen molar-refractivity contribution in [3.63, 3.8) is 0 Å². The number of nitrogens with one attached hydrogen (secondary N) is 1. The lowest BCUT2D eigenvalue weighted by atomic mass is 9.63. The summed E-state index contributed by atoms with van der Waals surface area (Å²) in [5, 5.41) is 0.723. The van der Waals surface area contributed by atoms with Crippen molar-refractivity contribution in [2.24, 2.45) is 23.7 Å². The van der Waals surface area contributed by atoms with Gasteiger partial charge < -0.3 is 14.4 Å². The predicted octanol–water partition coefficient (Wildman–Crippen LogP) is 6.54. The second-order valence-corrected chi connectivity index (χ2v) is 18.4. The molecule has 0 unspecified atom stereocenters. The molecule has 1 N–H and O–H groups in total. The average Bonchev–Trinajstić information content (AvgIpc) is 3.14. The molecule has 9 nitrogen and oxygen atoms in total. The molecule has 0 aromatic heterocycles. The molecule has 6 atom stereocenters. The van der Waals surface area contributed by atoms with Crippen LogP contribution in [0, 0.1) is 23.7 Å². The first-order chi connectivity index (χ1) is 25.0. The van der Waals surface area contributed by atoms with Crippen molar-refractivity contribution in [3.8, 4) is 5.75 Å². The molecule has 7 rings (SSSR count). The predicted molar refractivity (Wildman–Crippen MR) is 208 cm³/mol. The summed E-state index contributed by atoms with van der Waals surface area (Å²) in [5.41, 5.74) is 2.93. The monoisotopic (exact) mass is 752 g/mol. The number of ether oxygens (including phenoxy) is 2. The van der Waals surface area contributed by atoms with Crippen molar-refractivity contribution >= 4 is 33.2 Å². The highest BCUT2D eigenvalue weighted by molar-refractivity contribution is 7.90. The summed E-state index contributed by atoms with van der Waals surface area (Å²) in [6.07, 6.45) is 13.3. The standard InChI is InChI=1S/C41H57ClN4O5S/c1-29-16-17-41(50-3,28-44-20-21-45-18-7-5-9-36(45)25-44)37-14-11-33(37)24-46-19-6-4-8-31-22-35(42)13-10-34(31)26-51-39-15-12-32(23-38(39)46)40(47)43-52(48,49)27-30(29)2/h10,12-13,15-17,22-23,29-30,33,36-37H,4-9,11,14,18-21,24-28H2,1-3H3,(H,43,47)/b17-16+/t29-,30+,33-,36+,37+,41+/m0/s1. The molecule has 1 amide bonds. The summed E-state index contributed by atoms with van der Waals surface area (Å²) in [7, 11) is -2.03. The van der Waals surface area contributed by atoms with Crippen LogP contribution in [0.15, 0.2) is 48.6 Å². The maximum atomic E-state index is 13.6. The highest BCUT2D eigenvalue weighted by Crippen LogP contribution is 2.47. The Hall–Kier alpha value is -2.63. The molecule has 4 heterocycles. The summed E-state index contributed by atoms with van der Waals surface area (Å²) >= 11 is 6.41. The van der Waals surface area contributed by atoms with E-state index in [1.165, 1.54) is 31.4 Å². The lowest BCUT2D eigenvalue weighted by Crippen LogP contribution is -2.61. The van der Waals surface area contributed by atoms with Crippen molar-refractivity contribution in [1.82, 2.24) is 14.5 Å². The molecule has 1 aliphatic carbocycles. The van der Waals surface area contributed by atoms with Crippen LogP contribution in [-0.2, 0) is 27.8 Å². The van der Waals surface area contributed by atoms with Crippen LogP contribution < -0.4 is 14.4 Å². The molecule has 284 valence electrons. The number of carbonyl (C=O) groups is 1. The van der Waals surface area contributed by atoms with Crippen molar-refractivity contribution in [2.45, 2.75) is 83.5 Å². The van der Waals surface area contributed by atoms with Crippen LogP contribution in [0.5, 0.6) is 5.75 Å². The highest BCUT2D eigenvalue weighted by Gasteiger charge is 2.49. The van der Waals surface area contributed by atoms with Gasteiger partial charge in [0.15, 0.2) is 0 Å². The highest BCUT2D eigenvalue weighted by atomic mass is 35.5. The number of rotatable bonds is 3. The smallest absolute Gasteiger partial charge is 0.264 e. The molecular weight excluding hydrogens is 696 g/mol. The van der Waals surface area contributed by atoms with E-state index >= 15 is 0 Å². The van der Waals surface area contributed by atoms with Crippen LogP contribution >= 0.6 is 11.6 Å². The first-order valence-electron chi connectivity index (χ1n) is 19.6. The number of allylic oxidation sites excluding steroid dienone is 1. The molecule has 1 saturated carbocycles. The van der Waals surface area contributed by atoms with E-state index in [1.807, 2.05) is 44.4 Å². The molecule has 2 aromatic carbocycles. The van der Waals surface area contributed by atoms with Crippen LogP contribution in [-0.4, -0.2) is 94.4 Å². The van der Waals surface area contributed by atoms with Crippen molar-refractivity contribution in [1.29, 1.82) is 0 Å². The summed E-state index contributed by atoms with van der Waals surface area (Å²) in [4.78, 5) is 21.3. The Morgan fingerprint density at radius 3 is 2.62 bits per heavy atom. The number of amides is 1. The van der Waals surface area contributed by atoms with Gasteiger partial charge in [-0.1, -0.05) is 50.1 Å². The molecule has 5 aliphatic rings. The molecule has 3 fully saturated rings. The third-order valence-electron chi connectivity index (χ3n) is 12.8. The minimum Gasteiger partial charge on any atom is -0.487 e. The molecule has 0 spiro atoms. The fourth-order valence-electron chi connectivity index (χ4n) is 9.33. The van der Waals surface area contributed by atoms with Crippen LogP contribution in [0.4, 0.5) is 5.69 Å². The van der Waals surface area contributed by atoms with E-state index < -0.39 is 21.5 Å². The topological polar surface area (TPSA) is 91.4 Å². The van der Waals surface area contributed by atoms with E-state index in [9.17, 15) is 13.2 Å². The van der Waals surface area contributed by atoms with Gasteiger partial charge in [0.1, 0.15) is 18.0 Å². The Morgan fingerprint density at radius 1 is 0.962 bits per heavy atom. The number of hydrogen-bond donors (Lipinski definition) is 1. The largest absolute Gasteiger partial charge is 0.487 e. The molecular formula is C41H57ClN4O5S. The molecule has 0 radical (unpaired) electrons. The van der Waals surface area contributed by atoms with Gasteiger partial charge in [0, 0.05) is 63.0 Å². The first kappa shape index (κ1) is 37.7. The maximum absolute atomic E-state index is 13.6. The van der Waals surface area contributed by atoms with E-state index in [1.54, 1.807) is 6.07 Å². The Kier molecular flexibility index (Phi) is 11.6. The zero-order valence-electron chi connectivity index (χ0n) is 31.2. The number of sulfonamides is 1. The number of aryl methyl sites for hydroxylation is 1. The fraction of sp³-hybridized carbons (Fsp3) is 0.634. The molecule has 52 heavy (non-hydrogen) atoms.